The summed E-state index contributed by atoms with van der Waals surface area (Å²) in [5.41, 5.74) is 0.588. The largest absolute Gasteiger partial charge is 0.462 e. The molecule has 4 heteroatoms. The van der Waals surface area contributed by atoms with Gasteiger partial charge in [0, 0.05) is 0 Å². The van der Waals surface area contributed by atoms with E-state index in [1.165, 1.54) is 51.4 Å². The van der Waals surface area contributed by atoms with Crippen LogP contribution in [0.5, 0.6) is 0 Å². The standard InChI is InChI=1S/C27H44O4/c1-4-5-6-7-8-9-10-11-16-21-30-26(28)24-19-14-15-20-25(24)27(29)31-22-17-12-13-18-23(2)3/h14-15,19-20,23H,4-13,16-18,21-22H2,1-3H3. The molecule has 0 saturated carbocycles. The third-order valence-electron chi connectivity index (χ3n) is 5.51. The van der Waals surface area contributed by atoms with E-state index in [0.29, 0.717) is 30.3 Å². The molecule has 0 aliphatic rings. The summed E-state index contributed by atoms with van der Waals surface area (Å²) >= 11 is 0. The summed E-state index contributed by atoms with van der Waals surface area (Å²) in [6.45, 7) is 7.45. The van der Waals surface area contributed by atoms with Gasteiger partial charge in [-0.15, -0.1) is 0 Å². The number of rotatable bonds is 18. The maximum absolute atomic E-state index is 12.5. The van der Waals surface area contributed by atoms with Gasteiger partial charge >= 0.3 is 11.9 Å². The van der Waals surface area contributed by atoms with Crippen molar-refractivity contribution in [3.63, 3.8) is 0 Å². The van der Waals surface area contributed by atoms with E-state index >= 15 is 0 Å². The van der Waals surface area contributed by atoms with Gasteiger partial charge in [0.15, 0.2) is 0 Å². The number of hydrogen-bond acceptors (Lipinski definition) is 4. The zero-order valence-corrected chi connectivity index (χ0v) is 20.1. The van der Waals surface area contributed by atoms with Crippen molar-refractivity contribution in [3.8, 4) is 0 Å². The van der Waals surface area contributed by atoms with E-state index in [-0.39, 0.29) is 0 Å². The second-order valence-corrected chi connectivity index (χ2v) is 8.89. The molecule has 0 saturated heterocycles. The number of carbonyl (C=O) groups is 2. The second-order valence-electron chi connectivity index (χ2n) is 8.89. The van der Waals surface area contributed by atoms with E-state index in [4.69, 9.17) is 9.47 Å². The molecule has 0 aromatic heterocycles. The van der Waals surface area contributed by atoms with E-state index in [0.717, 1.165) is 32.1 Å². The molecular formula is C27H44O4. The first-order valence-corrected chi connectivity index (χ1v) is 12.5. The lowest BCUT2D eigenvalue weighted by molar-refractivity contribution is 0.0450. The SMILES string of the molecule is CCCCCCCCCCCOC(=O)c1ccccc1C(=O)OCCCCCC(C)C. The number of benzene rings is 1. The van der Waals surface area contributed by atoms with Gasteiger partial charge in [0.2, 0.25) is 0 Å². The molecule has 0 N–H and O–H groups in total. The average Bonchev–Trinajstić information content (AvgIpc) is 2.77. The van der Waals surface area contributed by atoms with E-state index in [1.807, 2.05) is 0 Å². The van der Waals surface area contributed by atoms with Gasteiger partial charge in [0.1, 0.15) is 0 Å². The fourth-order valence-corrected chi connectivity index (χ4v) is 3.57. The van der Waals surface area contributed by atoms with Crippen molar-refractivity contribution >= 4 is 11.9 Å². The third-order valence-corrected chi connectivity index (χ3v) is 5.51. The lowest BCUT2D eigenvalue weighted by atomic mass is 10.1. The molecule has 4 nitrogen and oxygen atoms in total. The summed E-state index contributed by atoms with van der Waals surface area (Å²) in [5, 5.41) is 0. The number of hydrogen-bond donors (Lipinski definition) is 0. The number of carbonyl (C=O) groups excluding carboxylic acids is 2. The van der Waals surface area contributed by atoms with Crippen LogP contribution in [-0.4, -0.2) is 25.2 Å². The summed E-state index contributed by atoms with van der Waals surface area (Å²) in [4.78, 5) is 24.9. The molecular weight excluding hydrogens is 388 g/mol. The quantitative estimate of drug-likeness (QED) is 0.176. The molecule has 0 atom stereocenters. The van der Waals surface area contributed by atoms with Gasteiger partial charge in [-0.2, -0.15) is 0 Å². The Morgan fingerprint density at radius 3 is 1.55 bits per heavy atom. The minimum atomic E-state index is -0.445. The highest BCUT2D eigenvalue weighted by molar-refractivity contribution is 6.03. The first-order chi connectivity index (χ1) is 15.1. The number of ether oxygens (including phenoxy) is 2. The number of unbranched alkanes of at least 4 members (excludes halogenated alkanes) is 10. The predicted octanol–water partition coefficient (Wildman–Crippen LogP) is 7.75. The van der Waals surface area contributed by atoms with E-state index < -0.39 is 11.9 Å². The maximum atomic E-state index is 12.5. The Bertz CT molecular complexity index is 609. The van der Waals surface area contributed by atoms with E-state index in [9.17, 15) is 9.59 Å². The van der Waals surface area contributed by atoms with Crippen molar-refractivity contribution < 1.29 is 19.1 Å². The topological polar surface area (TPSA) is 52.6 Å². The Labute approximate surface area is 190 Å². The molecule has 0 unspecified atom stereocenters. The average molecular weight is 433 g/mol. The molecule has 1 aromatic rings. The van der Waals surface area contributed by atoms with Crippen molar-refractivity contribution in [1.29, 1.82) is 0 Å². The van der Waals surface area contributed by atoms with Crippen LogP contribution in [0.2, 0.25) is 0 Å². The Morgan fingerprint density at radius 1 is 0.677 bits per heavy atom. The predicted molar refractivity (Wildman–Crippen MR) is 128 cm³/mol. The molecule has 0 amide bonds. The molecule has 1 rings (SSSR count). The summed E-state index contributed by atoms with van der Waals surface area (Å²) in [7, 11) is 0. The van der Waals surface area contributed by atoms with Crippen LogP contribution in [0.1, 0.15) is 125 Å². The first kappa shape index (κ1) is 27.2. The highest BCUT2D eigenvalue weighted by Gasteiger charge is 2.18. The second kappa shape index (κ2) is 17.8. The van der Waals surface area contributed by atoms with Crippen LogP contribution in [0.4, 0.5) is 0 Å². The molecule has 0 aliphatic heterocycles. The fraction of sp³-hybridized carbons (Fsp3) is 0.704. The van der Waals surface area contributed by atoms with Crippen molar-refractivity contribution in [2.45, 2.75) is 104 Å². The van der Waals surface area contributed by atoms with Crippen molar-refractivity contribution in [1.82, 2.24) is 0 Å². The normalized spacial score (nSPS) is 11.0. The Morgan fingerprint density at radius 2 is 1.10 bits per heavy atom. The highest BCUT2D eigenvalue weighted by atomic mass is 16.5. The maximum Gasteiger partial charge on any atom is 0.339 e. The summed E-state index contributed by atoms with van der Waals surface area (Å²) in [6.07, 6.45) is 15.2. The van der Waals surface area contributed by atoms with Gasteiger partial charge in [0.25, 0.3) is 0 Å². The van der Waals surface area contributed by atoms with Gasteiger partial charge in [-0.3, -0.25) is 0 Å². The van der Waals surface area contributed by atoms with Gasteiger partial charge < -0.3 is 9.47 Å². The van der Waals surface area contributed by atoms with Crippen LogP contribution >= 0.6 is 0 Å². The molecule has 0 radical (unpaired) electrons. The molecule has 31 heavy (non-hydrogen) atoms. The molecule has 0 aliphatic carbocycles. The molecule has 176 valence electrons. The minimum absolute atomic E-state index is 0.293. The fourth-order valence-electron chi connectivity index (χ4n) is 3.57. The van der Waals surface area contributed by atoms with E-state index in [1.54, 1.807) is 24.3 Å². The summed E-state index contributed by atoms with van der Waals surface area (Å²) in [5.74, 6) is -0.181. The molecule has 0 spiro atoms. The highest BCUT2D eigenvalue weighted by Crippen LogP contribution is 2.14. The van der Waals surface area contributed by atoms with Crippen LogP contribution in [0.3, 0.4) is 0 Å². The monoisotopic (exact) mass is 432 g/mol. The van der Waals surface area contributed by atoms with Crippen molar-refractivity contribution in [3.05, 3.63) is 35.4 Å². The van der Waals surface area contributed by atoms with Gasteiger partial charge in [-0.05, 0) is 30.9 Å². The third kappa shape index (κ3) is 13.2. The van der Waals surface area contributed by atoms with Crippen molar-refractivity contribution in [2.24, 2.45) is 5.92 Å². The zero-order valence-electron chi connectivity index (χ0n) is 20.1. The summed E-state index contributed by atoms with van der Waals surface area (Å²) in [6, 6.07) is 6.77. The number of esters is 2. The van der Waals surface area contributed by atoms with Gasteiger partial charge in [-0.25, -0.2) is 9.59 Å². The smallest absolute Gasteiger partial charge is 0.339 e. The van der Waals surface area contributed by atoms with Crippen molar-refractivity contribution in [2.75, 3.05) is 13.2 Å². The van der Waals surface area contributed by atoms with Crippen LogP contribution in [0.25, 0.3) is 0 Å². The van der Waals surface area contributed by atoms with Crippen LogP contribution < -0.4 is 0 Å². The lowest BCUT2D eigenvalue weighted by Crippen LogP contribution is -2.15. The Hall–Kier alpha value is -1.84. The molecule has 0 fully saturated rings. The lowest BCUT2D eigenvalue weighted by Gasteiger charge is -2.10. The Balaban J connectivity index is 2.26. The summed E-state index contributed by atoms with van der Waals surface area (Å²) < 4.78 is 10.8. The Kier molecular flexibility index (Phi) is 15.6. The first-order valence-electron chi connectivity index (χ1n) is 12.5. The van der Waals surface area contributed by atoms with Crippen LogP contribution in [0, 0.1) is 5.92 Å². The molecule has 0 bridgehead atoms. The van der Waals surface area contributed by atoms with Crippen LogP contribution in [0.15, 0.2) is 24.3 Å². The van der Waals surface area contributed by atoms with Gasteiger partial charge in [0.05, 0.1) is 24.3 Å². The van der Waals surface area contributed by atoms with Gasteiger partial charge in [-0.1, -0.05) is 104 Å². The minimum Gasteiger partial charge on any atom is -0.462 e. The molecule has 0 heterocycles. The zero-order chi connectivity index (χ0) is 22.7. The van der Waals surface area contributed by atoms with Crippen LogP contribution in [-0.2, 0) is 9.47 Å². The van der Waals surface area contributed by atoms with E-state index in [2.05, 4.69) is 20.8 Å². The molecule has 1 aromatic carbocycles.